The van der Waals surface area contributed by atoms with Crippen molar-refractivity contribution < 1.29 is 0 Å². The lowest BCUT2D eigenvalue weighted by atomic mass is 10.1. The highest BCUT2D eigenvalue weighted by atomic mass is 35.5. The third kappa shape index (κ3) is 3.19. The summed E-state index contributed by atoms with van der Waals surface area (Å²) in [7, 11) is 0. The lowest BCUT2D eigenvalue weighted by molar-refractivity contribution is 0.940. The fourth-order valence-corrected chi connectivity index (χ4v) is 2.89. The Kier molecular flexibility index (Phi) is 3.86. The first-order chi connectivity index (χ1) is 12.1. The Morgan fingerprint density at radius 1 is 0.960 bits per heavy atom. The van der Waals surface area contributed by atoms with Crippen LogP contribution in [-0.4, -0.2) is 19.6 Å². The number of aromatic nitrogens is 4. The van der Waals surface area contributed by atoms with Gasteiger partial charge < -0.3 is 5.32 Å². The molecule has 25 heavy (non-hydrogen) atoms. The second-order valence-electron chi connectivity index (χ2n) is 5.93. The van der Waals surface area contributed by atoms with E-state index < -0.39 is 0 Å². The molecular weight excluding hydrogens is 334 g/mol. The van der Waals surface area contributed by atoms with Crippen LogP contribution >= 0.6 is 11.6 Å². The van der Waals surface area contributed by atoms with Crippen molar-refractivity contribution in [3.05, 3.63) is 70.9 Å². The number of fused-ring (bicyclic) bond motifs is 1. The number of hydrogen-bond donors (Lipinski definition) is 1. The van der Waals surface area contributed by atoms with E-state index in [4.69, 9.17) is 11.6 Å². The summed E-state index contributed by atoms with van der Waals surface area (Å²) in [5.74, 6) is 1.99. The first-order valence-electron chi connectivity index (χ1n) is 7.92. The zero-order valence-electron chi connectivity index (χ0n) is 13.9. The zero-order valence-corrected chi connectivity index (χ0v) is 14.6. The first kappa shape index (κ1) is 15.6. The van der Waals surface area contributed by atoms with Gasteiger partial charge in [-0.15, -0.1) is 5.10 Å². The molecule has 0 aliphatic carbocycles. The third-order valence-corrected chi connectivity index (χ3v) is 4.05. The van der Waals surface area contributed by atoms with E-state index in [9.17, 15) is 0 Å². The predicted molar refractivity (Wildman–Crippen MR) is 100 cm³/mol. The topological polar surface area (TPSA) is 55.1 Å². The van der Waals surface area contributed by atoms with Crippen molar-refractivity contribution in [2.24, 2.45) is 0 Å². The number of nitrogens with one attached hydrogen (secondary N) is 1. The van der Waals surface area contributed by atoms with Crippen LogP contribution in [0.5, 0.6) is 0 Å². The molecule has 0 radical (unpaired) electrons. The fraction of sp³-hybridized carbons (Fsp3) is 0.105. The van der Waals surface area contributed by atoms with Gasteiger partial charge in [0.25, 0.3) is 5.78 Å². The van der Waals surface area contributed by atoms with E-state index in [1.165, 1.54) is 0 Å². The van der Waals surface area contributed by atoms with Gasteiger partial charge in [-0.1, -0.05) is 41.4 Å². The molecule has 0 aliphatic rings. The largest absolute Gasteiger partial charge is 0.340 e. The van der Waals surface area contributed by atoms with Gasteiger partial charge >= 0.3 is 0 Å². The number of anilines is 2. The van der Waals surface area contributed by atoms with E-state index in [1.54, 1.807) is 4.52 Å². The van der Waals surface area contributed by atoms with E-state index >= 15 is 0 Å². The second-order valence-corrected chi connectivity index (χ2v) is 6.37. The van der Waals surface area contributed by atoms with Gasteiger partial charge in [-0.3, -0.25) is 0 Å². The third-order valence-electron chi connectivity index (χ3n) is 3.81. The molecule has 0 aliphatic heterocycles. The van der Waals surface area contributed by atoms with Crippen molar-refractivity contribution in [3.63, 3.8) is 0 Å². The van der Waals surface area contributed by atoms with Gasteiger partial charge in [0.1, 0.15) is 5.82 Å². The van der Waals surface area contributed by atoms with Crippen molar-refractivity contribution >= 4 is 28.9 Å². The molecule has 2 heterocycles. The van der Waals surface area contributed by atoms with Crippen LogP contribution in [-0.2, 0) is 0 Å². The van der Waals surface area contributed by atoms with Crippen molar-refractivity contribution in [3.8, 4) is 11.4 Å². The predicted octanol–water partition coefficient (Wildman–Crippen LogP) is 4.81. The smallest absolute Gasteiger partial charge is 0.254 e. The van der Waals surface area contributed by atoms with E-state index in [1.807, 2.05) is 62.4 Å². The zero-order chi connectivity index (χ0) is 17.4. The van der Waals surface area contributed by atoms with E-state index in [0.29, 0.717) is 16.6 Å². The molecule has 0 bridgehead atoms. The minimum absolute atomic E-state index is 0.557. The molecule has 0 fully saturated rings. The van der Waals surface area contributed by atoms with Gasteiger partial charge in [-0.25, -0.2) is 4.98 Å². The average Bonchev–Trinajstić information content (AvgIpc) is 2.99. The van der Waals surface area contributed by atoms with E-state index in [2.05, 4.69) is 26.4 Å². The molecule has 0 atom stereocenters. The Labute approximate surface area is 150 Å². The minimum Gasteiger partial charge on any atom is -0.340 e. The lowest BCUT2D eigenvalue weighted by Gasteiger charge is -2.08. The molecular formula is C19H16ClN5. The molecule has 2 aromatic heterocycles. The number of rotatable bonds is 3. The Morgan fingerprint density at radius 2 is 1.80 bits per heavy atom. The molecule has 0 spiro atoms. The monoisotopic (exact) mass is 349 g/mol. The molecule has 1 N–H and O–H groups in total. The number of nitrogens with zero attached hydrogens (tertiary/aromatic N) is 4. The highest BCUT2D eigenvalue weighted by Crippen LogP contribution is 2.23. The van der Waals surface area contributed by atoms with Gasteiger partial charge in [-0.2, -0.15) is 9.50 Å². The van der Waals surface area contributed by atoms with Crippen molar-refractivity contribution in [2.75, 3.05) is 5.32 Å². The van der Waals surface area contributed by atoms with E-state index in [0.717, 1.165) is 28.3 Å². The molecule has 0 saturated heterocycles. The summed E-state index contributed by atoms with van der Waals surface area (Å²) in [6.45, 7) is 3.98. The fourth-order valence-electron chi connectivity index (χ4n) is 2.70. The highest BCUT2D eigenvalue weighted by molar-refractivity contribution is 6.30. The van der Waals surface area contributed by atoms with Gasteiger partial charge in [0.2, 0.25) is 0 Å². The number of benzene rings is 2. The molecule has 0 unspecified atom stereocenters. The van der Waals surface area contributed by atoms with Gasteiger partial charge in [-0.05, 0) is 38.1 Å². The van der Waals surface area contributed by atoms with Crippen LogP contribution in [0.1, 0.15) is 11.3 Å². The Bertz CT molecular complexity index is 1070. The summed E-state index contributed by atoms with van der Waals surface area (Å²) in [5.41, 5.74) is 3.88. The maximum absolute atomic E-state index is 6.07. The summed E-state index contributed by atoms with van der Waals surface area (Å²) in [6, 6.07) is 17.6. The maximum Gasteiger partial charge on any atom is 0.254 e. The standard InChI is InChI=1S/C19H16ClN5/c1-12-5-3-6-14(9-12)18-23-19-21-13(2)10-17(25(19)24-18)22-16-8-4-7-15(20)11-16/h3-11,22H,1-2H3. The van der Waals surface area contributed by atoms with Gasteiger partial charge in [0, 0.05) is 28.0 Å². The normalized spacial score (nSPS) is 11.0. The lowest BCUT2D eigenvalue weighted by Crippen LogP contribution is -2.02. The first-order valence-corrected chi connectivity index (χ1v) is 8.30. The number of halogens is 1. The quantitative estimate of drug-likeness (QED) is 0.577. The molecule has 4 rings (SSSR count). The average molecular weight is 350 g/mol. The second kappa shape index (κ2) is 6.18. The Balaban J connectivity index is 1.82. The van der Waals surface area contributed by atoms with Crippen molar-refractivity contribution in [1.29, 1.82) is 0 Å². The van der Waals surface area contributed by atoms with Crippen LogP contribution in [0.4, 0.5) is 11.5 Å². The SMILES string of the molecule is Cc1cccc(-c2nc3nc(C)cc(Nc4cccc(Cl)c4)n3n2)c1. The van der Waals surface area contributed by atoms with Crippen LogP contribution < -0.4 is 5.32 Å². The van der Waals surface area contributed by atoms with Gasteiger partial charge in [0.05, 0.1) is 0 Å². The minimum atomic E-state index is 0.557. The highest BCUT2D eigenvalue weighted by Gasteiger charge is 2.12. The summed E-state index contributed by atoms with van der Waals surface area (Å²) in [5, 5.41) is 8.64. The summed E-state index contributed by atoms with van der Waals surface area (Å²) in [6.07, 6.45) is 0. The van der Waals surface area contributed by atoms with Crippen molar-refractivity contribution in [1.82, 2.24) is 19.6 Å². The van der Waals surface area contributed by atoms with Crippen molar-refractivity contribution in [2.45, 2.75) is 13.8 Å². The van der Waals surface area contributed by atoms with Crippen LogP contribution in [0.2, 0.25) is 5.02 Å². The van der Waals surface area contributed by atoms with Crippen LogP contribution in [0.25, 0.3) is 17.2 Å². The van der Waals surface area contributed by atoms with E-state index in [-0.39, 0.29) is 0 Å². The molecule has 2 aromatic carbocycles. The molecule has 124 valence electrons. The molecule has 4 aromatic rings. The summed E-state index contributed by atoms with van der Waals surface area (Å²) in [4.78, 5) is 9.07. The van der Waals surface area contributed by atoms with Crippen LogP contribution in [0, 0.1) is 13.8 Å². The molecule has 0 amide bonds. The summed E-state index contributed by atoms with van der Waals surface area (Å²) >= 11 is 6.07. The summed E-state index contributed by atoms with van der Waals surface area (Å²) < 4.78 is 1.71. The molecule has 0 saturated carbocycles. The number of aryl methyl sites for hydroxylation is 2. The van der Waals surface area contributed by atoms with Crippen LogP contribution in [0.3, 0.4) is 0 Å². The Morgan fingerprint density at radius 3 is 2.60 bits per heavy atom. The molecule has 5 nitrogen and oxygen atoms in total. The van der Waals surface area contributed by atoms with Gasteiger partial charge in [0.15, 0.2) is 5.82 Å². The maximum atomic E-state index is 6.07. The Hall–Kier alpha value is -2.92. The number of hydrogen-bond acceptors (Lipinski definition) is 4. The molecule has 6 heteroatoms. The van der Waals surface area contributed by atoms with Crippen LogP contribution in [0.15, 0.2) is 54.6 Å².